The average molecular weight is 441 g/mol. The number of carbonyl (C=O) groups excluding carboxylic acids is 1. The minimum Gasteiger partial charge on any atom is -0.333 e. The number of nitrogens with zero attached hydrogens (tertiary/aromatic N) is 1. The molecule has 0 unspecified atom stereocenters. The van der Waals surface area contributed by atoms with Crippen LogP contribution in [0.3, 0.4) is 0 Å². The van der Waals surface area contributed by atoms with Gasteiger partial charge in [-0.1, -0.05) is 37.6 Å². The second-order valence-electron chi connectivity index (χ2n) is 7.44. The molecule has 3 aromatic rings. The van der Waals surface area contributed by atoms with Gasteiger partial charge in [0, 0.05) is 18.8 Å². The number of benzene rings is 2. The van der Waals surface area contributed by atoms with E-state index in [1.165, 1.54) is 11.3 Å². The lowest BCUT2D eigenvalue weighted by Gasteiger charge is -2.29. The first-order valence-corrected chi connectivity index (χ1v) is 12.4. The lowest BCUT2D eigenvalue weighted by Crippen LogP contribution is -2.35. The number of anilines is 1. The molecule has 2 heterocycles. The van der Waals surface area contributed by atoms with E-state index in [1.54, 1.807) is 18.2 Å². The van der Waals surface area contributed by atoms with Gasteiger partial charge in [0.1, 0.15) is 0 Å². The summed E-state index contributed by atoms with van der Waals surface area (Å²) in [4.78, 5) is 15.5. The molecule has 0 fully saturated rings. The molecular weight excluding hydrogens is 416 g/mol. The third kappa shape index (κ3) is 4.42. The first-order chi connectivity index (χ1) is 14.5. The predicted octanol–water partition coefficient (Wildman–Crippen LogP) is 4.70. The summed E-state index contributed by atoms with van der Waals surface area (Å²) in [7, 11) is -3.67. The van der Waals surface area contributed by atoms with Crippen molar-refractivity contribution in [3.8, 4) is 0 Å². The summed E-state index contributed by atoms with van der Waals surface area (Å²) < 4.78 is 28.3. The zero-order chi connectivity index (χ0) is 21.1. The van der Waals surface area contributed by atoms with E-state index in [9.17, 15) is 13.2 Å². The molecule has 0 aliphatic carbocycles. The van der Waals surface area contributed by atoms with Crippen LogP contribution in [0.25, 0.3) is 0 Å². The van der Waals surface area contributed by atoms with Crippen LogP contribution in [-0.4, -0.2) is 25.8 Å². The molecule has 1 aromatic heterocycles. The van der Waals surface area contributed by atoms with E-state index >= 15 is 0 Å². The van der Waals surface area contributed by atoms with Crippen LogP contribution in [0.15, 0.2) is 64.9 Å². The van der Waals surface area contributed by atoms with Crippen molar-refractivity contribution in [2.24, 2.45) is 0 Å². The highest BCUT2D eigenvalue weighted by molar-refractivity contribution is 7.92. The van der Waals surface area contributed by atoms with Gasteiger partial charge in [-0.05, 0) is 65.2 Å². The zero-order valence-electron chi connectivity index (χ0n) is 16.8. The first kappa shape index (κ1) is 20.6. The van der Waals surface area contributed by atoms with E-state index in [0.29, 0.717) is 18.8 Å². The summed E-state index contributed by atoms with van der Waals surface area (Å²) in [6.07, 6.45) is 2.71. The zero-order valence-corrected chi connectivity index (χ0v) is 18.4. The standard InChI is InChI=1S/C23H24N2O3S2/c1-2-4-17-6-10-21(11-7-17)30(27,28)24-20-9-8-18-12-13-25(16-19(18)15-20)23(26)22-5-3-14-29-22/h3,5-11,14-15,24H,2,4,12-13,16H2,1H3. The number of amides is 1. The van der Waals surface area contributed by atoms with Crippen LogP contribution in [0.1, 0.15) is 39.7 Å². The Morgan fingerprint density at radius 2 is 1.90 bits per heavy atom. The monoisotopic (exact) mass is 440 g/mol. The maximum Gasteiger partial charge on any atom is 0.264 e. The van der Waals surface area contributed by atoms with E-state index in [0.717, 1.165) is 40.8 Å². The van der Waals surface area contributed by atoms with Gasteiger partial charge >= 0.3 is 0 Å². The molecular formula is C23H24N2O3S2. The number of fused-ring (bicyclic) bond motifs is 1. The van der Waals surface area contributed by atoms with Crippen molar-refractivity contribution in [2.75, 3.05) is 11.3 Å². The van der Waals surface area contributed by atoms with Gasteiger partial charge in [0.2, 0.25) is 0 Å². The number of hydrogen-bond acceptors (Lipinski definition) is 4. The van der Waals surface area contributed by atoms with Gasteiger partial charge in [-0.2, -0.15) is 0 Å². The minimum absolute atomic E-state index is 0.0220. The molecule has 4 rings (SSSR count). The SMILES string of the molecule is CCCc1ccc(S(=O)(=O)Nc2ccc3c(c2)CN(C(=O)c2cccs2)CC3)cc1. The van der Waals surface area contributed by atoms with Crippen LogP contribution < -0.4 is 4.72 Å². The van der Waals surface area contributed by atoms with Gasteiger partial charge in [-0.15, -0.1) is 11.3 Å². The number of rotatable bonds is 6. The fourth-order valence-corrected chi connectivity index (χ4v) is 5.43. The molecule has 2 aromatic carbocycles. The first-order valence-electron chi connectivity index (χ1n) is 10.0. The van der Waals surface area contributed by atoms with Crippen molar-refractivity contribution in [3.05, 3.63) is 81.5 Å². The minimum atomic E-state index is -3.67. The number of sulfonamides is 1. The molecule has 0 spiro atoms. The van der Waals surface area contributed by atoms with Gasteiger partial charge in [0.15, 0.2) is 0 Å². The van der Waals surface area contributed by atoms with Gasteiger partial charge in [0.25, 0.3) is 15.9 Å². The summed E-state index contributed by atoms with van der Waals surface area (Å²) in [6.45, 7) is 3.24. The molecule has 0 saturated heterocycles. The molecule has 0 bridgehead atoms. The molecule has 1 aliphatic rings. The van der Waals surface area contributed by atoms with E-state index in [2.05, 4.69) is 11.6 Å². The second kappa shape index (κ2) is 8.62. The Balaban J connectivity index is 1.51. The number of aryl methyl sites for hydroxylation is 1. The van der Waals surface area contributed by atoms with Crippen molar-refractivity contribution in [1.82, 2.24) is 4.90 Å². The van der Waals surface area contributed by atoms with Crippen LogP contribution in [0.4, 0.5) is 5.69 Å². The second-order valence-corrected chi connectivity index (χ2v) is 10.1. The van der Waals surface area contributed by atoms with Crippen molar-refractivity contribution >= 4 is 33.0 Å². The van der Waals surface area contributed by atoms with Gasteiger partial charge in [-0.25, -0.2) is 8.42 Å². The molecule has 5 nitrogen and oxygen atoms in total. The highest BCUT2D eigenvalue weighted by Crippen LogP contribution is 2.26. The Bertz CT molecular complexity index is 1140. The molecule has 0 saturated carbocycles. The molecule has 0 atom stereocenters. The van der Waals surface area contributed by atoms with Crippen molar-refractivity contribution in [3.63, 3.8) is 0 Å². The third-order valence-electron chi connectivity index (χ3n) is 5.26. The fraction of sp³-hybridized carbons (Fsp3) is 0.261. The largest absolute Gasteiger partial charge is 0.333 e. The summed E-state index contributed by atoms with van der Waals surface area (Å²) in [5, 5.41) is 1.90. The summed E-state index contributed by atoms with van der Waals surface area (Å²) in [5.74, 6) is 0.0220. The average Bonchev–Trinajstić information content (AvgIpc) is 3.28. The Morgan fingerprint density at radius 3 is 2.60 bits per heavy atom. The normalized spacial score (nSPS) is 13.7. The van der Waals surface area contributed by atoms with Crippen molar-refractivity contribution in [2.45, 2.75) is 37.6 Å². The maximum absolute atomic E-state index is 12.8. The quantitative estimate of drug-likeness (QED) is 0.604. The number of nitrogens with one attached hydrogen (secondary N) is 1. The van der Waals surface area contributed by atoms with Gasteiger partial charge in [-0.3, -0.25) is 9.52 Å². The fourth-order valence-electron chi connectivity index (χ4n) is 3.69. The van der Waals surface area contributed by atoms with Crippen LogP contribution in [0.2, 0.25) is 0 Å². The Labute approximate surface area is 181 Å². The Kier molecular flexibility index (Phi) is 5.92. The van der Waals surface area contributed by atoms with Crippen molar-refractivity contribution in [1.29, 1.82) is 0 Å². The number of thiophene rings is 1. The van der Waals surface area contributed by atoms with E-state index < -0.39 is 10.0 Å². The van der Waals surface area contributed by atoms with E-state index in [4.69, 9.17) is 0 Å². The summed E-state index contributed by atoms with van der Waals surface area (Å²) >= 11 is 1.44. The smallest absolute Gasteiger partial charge is 0.264 e. The predicted molar refractivity (Wildman–Crippen MR) is 120 cm³/mol. The lowest BCUT2D eigenvalue weighted by atomic mass is 9.99. The van der Waals surface area contributed by atoms with Crippen LogP contribution in [-0.2, 0) is 29.4 Å². The Morgan fingerprint density at radius 1 is 1.10 bits per heavy atom. The highest BCUT2D eigenvalue weighted by Gasteiger charge is 2.23. The Hall–Kier alpha value is -2.64. The molecule has 0 radical (unpaired) electrons. The van der Waals surface area contributed by atoms with E-state index in [-0.39, 0.29) is 10.8 Å². The molecule has 30 heavy (non-hydrogen) atoms. The molecule has 1 N–H and O–H groups in total. The molecule has 7 heteroatoms. The molecule has 1 aliphatic heterocycles. The van der Waals surface area contributed by atoms with Crippen LogP contribution in [0.5, 0.6) is 0 Å². The third-order valence-corrected chi connectivity index (χ3v) is 7.52. The summed E-state index contributed by atoms with van der Waals surface area (Å²) in [5.41, 5.74) is 3.76. The number of hydrogen-bond donors (Lipinski definition) is 1. The van der Waals surface area contributed by atoms with Crippen molar-refractivity contribution < 1.29 is 13.2 Å². The van der Waals surface area contributed by atoms with E-state index in [1.807, 2.05) is 46.7 Å². The van der Waals surface area contributed by atoms with Crippen LogP contribution in [0, 0.1) is 0 Å². The summed E-state index contributed by atoms with van der Waals surface area (Å²) in [6, 6.07) is 16.3. The lowest BCUT2D eigenvalue weighted by molar-refractivity contribution is 0.0739. The molecule has 156 valence electrons. The topological polar surface area (TPSA) is 66.5 Å². The maximum atomic E-state index is 12.8. The van der Waals surface area contributed by atoms with Gasteiger partial charge in [0.05, 0.1) is 9.77 Å². The molecule has 1 amide bonds. The van der Waals surface area contributed by atoms with Crippen LogP contribution >= 0.6 is 11.3 Å². The number of carbonyl (C=O) groups is 1. The highest BCUT2D eigenvalue weighted by atomic mass is 32.2. The van der Waals surface area contributed by atoms with Gasteiger partial charge < -0.3 is 4.90 Å².